The fourth-order valence-corrected chi connectivity index (χ4v) is 1.71. The quantitative estimate of drug-likeness (QED) is 0.760. The Morgan fingerprint density at radius 1 is 1.06 bits per heavy atom. The first kappa shape index (κ1) is 10.7. The van der Waals surface area contributed by atoms with Gasteiger partial charge in [-0.05, 0) is 24.6 Å². The molecule has 0 radical (unpaired) electrons. The fraction of sp³-hybridized carbons (Fsp3) is 0.214. The van der Waals surface area contributed by atoms with Crippen molar-refractivity contribution in [2.45, 2.75) is 6.92 Å². The second-order valence-electron chi connectivity index (χ2n) is 4.11. The number of rotatable bonds is 2. The van der Waals surface area contributed by atoms with Crippen molar-refractivity contribution in [1.29, 1.82) is 0 Å². The van der Waals surface area contributed by atoms with Crippen molar-refractivity contribution in [2.24, 2.45) is 0 Å². The monoisotopic (exact) mass is 212 g/mol. The van der Waals surface area contributed by atoms with Gasteiger partial charge in [-0.25, -0.2) is 0 Å². The first-order chi connectivity index (χ1) is 7.68. The van der Waals surface area contributed by atoms with E-state index in [4.69, 9.17) is 0 Å². The molecule has 0 aliphatic heterocycles. The summed E-state index contributed by atoms with van der Waals surface area (Å²) < 4.78 is 0. The lowest BCUT2D eigenvalue weighted by atomic mass is 10.1. The number of benzene rings is 1. The average molecular weight is 212 g/mol. The predicted molar refractivity (Wildman–Crippen MR) is 68.7 cm³/mol. The third kappa shape index (κ3) is 2.06. The number of anilines is 1. The summed E-state index contributed by atoms with van der Waals surface area (Å²) in [6.07, 6.45) is 1.86. The minimum absolute atomic E-state index is 1.03. The van der Waals surface area contributed by atoms with Crippen molar-refractivity contribution in [1.82, 2.24) is 4.98 Å². The molecule has 0 fully saturated rings. The Morgan fingerprint density at radius 3 is 2.50 bits per heavy atom. The molecule has 1 heterocycles. The van der Waals surface area contributed by atoms with Crippen LogP contribution in [0.5, 0.6) is 0 Å². The van der Waals surface area contributed by atoms with Gasteiger partial charge >= 0.3 is 0 Å². The highest BCUT2D eigenvalue weighted by Gasteiger charge is 2.03. The summed E-state index contributed by atoms with van der Waals surface area (Å²) >= 11 is 0. The third-order valence-corrected chi connectivity index (χ3v) is 2.68. The number of pyridine rings is 1. The average Bonchev–Trinajstić information content (AvgIpc) is 2.30. The zero-order valence-electron chi connectivity index (χ0n) is 9.94. The van der Waals surface area contributed by atoms with Gasteiger partial charge in [-0.15, -0.1) is 0 Å². The van der Waals surface area contributed by atoms with Gasteiger partial charge < -0.3 is 4.90 Å². The lowest BCUT2D eigenvalue weighted by Crippen LogP contribution is -2.08. The SMILES string of the molecule is Cc1ccccc1-c1cc(N(C)C)ccn1. The molecule has 0 atom stereocenters. The van der Waals surface area contributed by atoms with Gasteiger partial charge in [0.25, 0.3) is 0 Å². The first-order valence-corrected chi connectivity index (χ1v) is 5.38. The number of aryl methyl sites for hydroxylation is 1. The van der Waals surface area contributed by atoms with Gasteiger partial charge in [-0.3, -0.25) is 4.98 Å². The molecule has 1 aromatic heterocycles. The van der Waals surface area contributed by atoms with E-state index in [2.05, 4.69) is 41.1 Å². The van der Waals surface area contributed by atoms with Crippen LogP contribution in [0.1, 0.15) is 5.56 Å². The van der Waals surface area contributed by atoms with E-state index >= 15 is 0 Å². The summed E-state index contributed by atoms with van der Waals surface area (Å²) in [6, 6.07) is 12.4. The van der Waals surface area contributed by atoms with E-state index in [1.54, 1.807) is 0 Å². The molecule has 2 nitrogen and oxygen atoms in total. The van der Waals surface area contributed by atoms with Gasteiger partial charge in [-0.1, -0.05) is 24.3 Å². The largest absolute Gasteiger partial charge is 0.378 e. The van der Waals surface area contributed by atoms with Crippen LogP contribution in [-0.2, 0) is 0 Å². The molecule has 0 spiro atoms. The van der Waals surface area contributed by atoms with E-state index in [9.17, 15) is 0 Å². The third-order valence-electron chi connectivity index (χ3n) is 2.68. The van der Waals surface area contributed by atoms with Crippen LogP contribution >= 0.6 is 0 Å². The highest BCUT2D eigenvalue weighted by molar-refractivity contribution is 5.67. The van der Waals surface area contributed by atoms with E-state index in [0.29, 0.717) is 0 Å². The summed E-state index contributed by atoms with van der Waals surface area (Å²) in [5, 5.41) is 0. The number of nitrogens with zero attached hydrogens (tertiary/aromatic N) is 2. The normalized spacial score (nSPS) is 10.2. The van der Waals surface area contributed by atoms with E-state index in [1.807, 2.05) is 32.4 Å². The van der Waals surface area contributed by atoms with Crippen LogP contribution in [0.25, 0.3) is 11.3 Å². The van der Waals surface area contributed by atoms with Crippen molar-refractivity contribution in [3.8, 4) is 11.3 Å². The molecule has 2 aromatic rings. The van der Waals surface area contributed by atoms with E-state index in [0.717, 1.165) is 5.69 Å². The molecule has 0 saturated heterocycles. The highest BCUT2D eigenvalue weighted by Crippen LogP contribution is 2.23. The standard InChI is InChI=1S/C14H16N2/c1-11-6-4-5-7-13(11)14-10-12(16(2)3)8-9-15-14/h4-10H,1-3H3. The van der Waals surface area contributed by atoms with Crippen LogP contribution in [0.2, 0.25) is 0 Å². The summed E-state index contributed by atoms with van der Waals surface area (Å²) in [6.45, 7) is 2.11. The van der Waals surface area contributed by atoms with E-state index in [-0.39, 0.29) is 0 Å². The maximum absolute atomic E-state index is 4.43. The van der Waals surface area contributed by atoms with Crippen LogP contribution in [-0.4, -0.2) is 19.1 Å². The molecule has 0 saturated carbocycles. The van der Waals surface area contributed by atoms with Crippen LogP contribution in [0.15, 0.2) is 42.6 Å². The topological polar surface area (TPSA) is 16.1 Å². The smallest absolute Gasteiger partial charge is 0.0725 e. The van der Waals surface area contributed by atoms with Gasteiger partial charge in [0.05, 0.1) is 5.69 Å². The maximum Gasteiger partial charge on any atom is 0.0725 e. The maximum atomic E-state index is 4.43. The van der Waals surface area contributed by atoms with E-state index < -0.39 is 0 Å². The molecule has 16 heavy (non-hydrogen) atoms. The van der Waals surface area contributed by atoms with Crippen LogP contribution in [0.4, 0.5) is 5.69 Å². The minimum atomic E-state index is 1.03. The molecule has 0 aliphatic rings. The Balaban J connectivity index is 2.49. The van der Waals surface area contributed by atoms with Crippen molar-refractivity contribution in [3.63, 3.8) is 0 Å². The lowest BCUT2D eigenvalue weighted by molar-refractivity contribution is 1.12. The zero-order chi connectivity index (χ0) is 11.5. The van der Waals surface area contributed by atoms with Crippen LogP contribution in [0.3, 0.4) is 0 Å². The van der Waals surface area contributed by atoms with Crippen molar-refractivity contribution in [2.75, 3.05) is 19.0 Å². The van der Waals surface area contributed by atoms with Gasteiger partial charge in [0.1, 0.15) is 0 Å². The molecule has 2 rings (SSSR count). The fourth-order valence-electron chi connectivity index (χ4n) is 1.71. The molecular weight excluding hydrogens is 196 g/mol. The van der Waals surface area contributed by atoms with Crippen molar-refractivity contribution >= 4 is 5.69 Å². The molecule has 0 bridgehead atoms. The number of hydrogen-bond acceptors (Lipinski definition) is 2. The van der Waals surface area contributed by atoms with Crippen molar-refractivity contribution in [3.05, 3.63) is 48.2 Å². The molecule has 0 aliphatic carbocycles. The Kier molecular flexibility index (Phi) is 2.91. The molecule has 1 aromatic carbocycles. The minimum Gasteiger partial charge on any atom is -0.378 e. The van der Waals surface area contributed by atoms with Gasteiger partial charge in [0.2, 0.25) is 0 Å². The van der Waals surface area contributed by atoms with Crippen LogP contribution in [0, 0.1) is 6.92 Å². The Hall–Kier alpha value is -1.83. The molecule has 0 amide bonds. The summed E-state index contributed by atoms with van der Waals surface area (Å²) in [7, 11) is 4.08. The summed E-state index contributed by atoms with van der Waals surface area (Å²) in [4.78, 5) is 6.51. The summed E-state index contributed by atoms with van der Waals surface area (Å²) in [5.41, 5.74) is 4.66. The number of aromatic nitrogens is 1. The van der Waals surface area contributed by atoms with Crippen molar-refractivity contribution < 1.29 is 0 Å². The second kappa shape index (κ2) is 4.35. The lowest BCUT2D eigenvalue weighted by Gasteiger charge is -2.13. The zero-order valence-corrected chi connectivity index (χ0v) is 9.94. The molecule has 2 heteroatoms. The highest BCUT2D eigenvalue weighted by atomic mass is 15.1. The van der Waals surface area contributed by atoms with Gasteiger partial charge in [-0.2, -0.15) is 0 Å². The Bertz CT molecular complexity index is 490. The molecular formula is C14H16N2. The Labute approximate surface area is 96.6 Å². The molecule has 0 unspecified atom stereocenters. The van der Waals surface area contributed by atoms with Crippen LogP contribution < -0.4 is 4.90 Å². The van der Waals surface area contributed by atoms with Gasteiger partial charge in [0, 0.05) is 31.5 Å². The van der Waals surface area contributed by atoms with E-state index in [1.165, 1.54) is 16.8 Å². The summed E-state index contributed by atoms with van der Waals surface area (Å²) in [5.74, 6) is 0. The second-order valence-corrected chi connectivity index (χ2v) is 4.11. The Morgan fingerprint density at radius 2 is 1.81 bits per heavy atom. The first-order valence-electron chi connectivity index (χ1n) is 5.38. The molecule has 82 valence electrons. The van der Waals surface area contributed by atoms with Gasteiger partial charge in [0.15, 0.2) is 0 Å². The number of hydrogen-bond donors (Lipinski definition) is 0. The molecule has 0 N–H and O–H groups in total. The predicted octanol–water partition coefficient (Wildman–Crippen LogP) is 3.12.